The number of carbonyl (C=O) groups is 2. The summed E-state index contributed by atoms with van der Waals surface area (Å²) in [7, 11) is 1.46. The minimum atomic E-state index is -4.41. The van der Waals surface area contributed by atoms with Crippen molar-refractivity contribution >= 4 is 19.8 Å². The van der Waals surface area contributed by atoms with E-state index in [2.05, 4.69) is 184 Å². The quantitative estimate of drug-likeness (QED) is 0.0211. The highest BCUT2D eigenvalue weighted by atomic mass is 31.2. The van der Waals surface area contributed by atoms with Crippen LogP contribution in [-0.2, 0) is 32.7 Å². The number of phosphoric ester groups is 1. The van der Waals surface area contributed by atoms with E-state index in [0.717, 1.165) is 135 Å². The molecular weight excluding hydrogens is 1160 g/mol. The molecule has 0 amide bonds. The SMILES string of the molecule is CC/C=C\C/C=C\C/C=C\C/C=C\C/C=C\C/C=C\C/C=C\C/C=C\CCCCCCCCCCCCC(=O)OC(COC(=O)CCCCCCCCCCCCCCCC/C=C\C/C=C\C/C=C\C/C=C\C/C=C\C/C=C\CC)COP(=O)(O)OCC[N+](C)(C)C. The van der Waals surface area contributed by atoms with Gasteiger partial charge in [0.2, 0.25) is 0 Å². The number of rotatable bonds is 66. The lowest BCUT2D eigenvalue weighted by atomic mass is 10.0. The van der Waals surface area contributed by atoms with Crippen molar-refractivity contribution in [3.63, 3.8) is 0 Å². The predicted molar refractivity (Wildman–Crippen MR) is 399 cm³/mol. The molecule has 0 aliphatic heterocycles. The van der Waals surface area contributed by atoms with Gasteiger partial charge in [-0.2, -0.15) is 0 Å². The fourth-order valence-electron chi connectivity index (χ4n) is 9.68. The van der Waals surface area contributed by atoms with Gasteiger partial charge in [0.25, 0.3) is 0 Å². The molecule has 2 unspecified atom stereocenters. The molecule has 0 fully saturated rings. The smallest absolute Gasteiger partial charge is 0.462 e. The molecular formula is C82H137NO8P+. The van der Waals surface area contributed by atoms with E-state index in [4.69, 9.17) is 18.5 Å². The van der Waals surface area contributed by atoms with Crippen LogP contribution in [0.3, 0.4) is 0 Å². The van der Waals surface area contributed by atoms with Crippen LogP contribution in [0.1, 0.15) is 284 Å². The Balaban J connectivity index is 4.09. The first-order chi connectivity index (χ1) is 45.0. The standard InChI is InChI=1S/C82H136NO8P/c1-6-8-10-12-14-16-18-20-22-24-26-28-30-32-34-36-38-40-41-43-45-47-49-51-53-55-57-59-61-63-65-67-69-71-73-75-82(85)91-80(79-90-92(86,87)89-77-76-83(3,4)5)78-88-81(84)74-72-70-68-66-64-62-60-58-56-54-52-50-48-46-44-42-39-37-35-33-31-29-27-25-23-21-19-17-15-13-11-9-7-2/h8-11,14-17,20-23,26-29,32-35,38-40,42-43,45,49,51,80H,6-7,12-13,18-19,24-25,30-31,36-37,41,44,46-48,50,52-79H2,1-5H3/p+1/b10-8-,11-9-,16-14-,17-15-,22-20-,23-21-,28-26-,29-27-,34-32-,35-33-,40-38-,42-39-,45-43-,51-49-. The largest absolute Gasteiger partial charge is 0.472 e. The number of unbranched alkanes of at least 4 members (excludes halogenated alkanes) is 24. The number of hydrogen-bond donors (Lipinski definition) is 1. The number of ether oxygens (including phenoxy) is 2. The molecule has 0 aromatic carbocycles. The predicted octanol–water partition coefficient (Wildman–Crippen LogP) is 24.5. The van der Waals surface area contributed by atoms with E-state index in [1.807, 2.05) is 21.1 Å². The molecule has 0 aliphatic carbocycles. The first-order valence-electron chi connectivity index (χ1n) is 36.9. The van der Waals surface area contributed by atoms with Gasteiger partial charge in [0, 0.05) is 12.8 Å². The van der Waals surface area contributed by atoms with Gasteiger partial charge in [-0.15, -0.1) is 0 Å². The van der Waals surface area contributed by atoms with Gasteiger partial charge >= 0.3 is 19.8 Å². The minimum absolute atomic E-state index is 0.0233. The Kier molecular flexibility index (Phi) is 67.1. The molecule has 0 saturated heterocycles. The average molecular weight is 1300 g/mol. The molecule has 0 rings (SSSR count). The number of nitrogens with zero attached hydrogens (tertiary/aromatic N) is 1. The van der Waals surface area contributed by atoms with Crippen LogP contribution in [0.15, 0.2) is 170 Å². The van der Waals surface area contributed by atoms with Crippen molar-refractivity contribution < 1.29 is 42.1 Å². The first-order valence-corrected chi connectivity index (χ1v) is 38.4. The summed E-state index contributed by atoms with van der Waals surface area (Å²) in [5.41, 5.74) is 0. The monoisotopic (exact) mass is 1300 g/mol. The van der Waals surface area contributed by atoms with Gasteiger partial charge in [-0.05, 0) is 128 Å². The molecule has 0 aliphatic rings. The topological polar surface area (TPSA) is 108 Å². The molecule has 0 spiro atoms. The van der Waals surface area contributed by atoms with Crippen LogP contribution < -0.4 is 0 Å². The Labute approximate surface area is 566 Å². The Morgan fingerprint density at radius 1 is 0.337 bits per heavy atom. The molecule has 1 N–H and O–H groups in total. The Hall–Kier alpha value is -4.63. The molecule has 9 nitrogen and oxygen atoms in total. The highest BCUT2D eigenvalue weighted by Gasteiger charge is 2.27. The van der Waals surface area contributed by atoms with Gasteiger partial charge in [0.15, 0.2) is 6.10 Å². The van der Waals surface area contributed by atoms with Crippen LogP contribution in [0, 0.1) is 0 Å². The van der Waals surface area contributed by atoms with Gasteiger partial charge in [-0.3, -0.25) is 18.6 Å². The lowest BCUT2D eigenvalue weighted by molar-refractivity contribution is -0.870. The third-order valence-corrected chi connectivity index (χ3v) is 16.2. The van der Waals surface area contributed by atoms with Crippen LogP contribution in [0.2, 0.25) is 0 Å². The summed E-state index contributed by atoms with van der Waals surface area (Å²) in [6.07, 6.45) is 107. The number of phosphoric acid groups is 1. The highest BCUT2D eigenvalue weighted by Crippen LogP contribution is 2.43. The lowest BCUT2D eigenvalue weighted by Crippen LogP contribution is -2.37. The normalized spacial score (nSPS) is 14.1. The van der Waals surface area contributed by atoms with Crippen molar-refractivity contribution in [2.75, 3.05) is 47.5 Å². The maximum absolute atomic E-state index is 12.9. The van der Waals surface area contributed by atoms with E-state index < -0.39 is 26.5 Å². The van der Waals surface area contributed by atoms with Crippen LogP contribution in [0.25, 0.3) is 0 Å². The summed E-state index contributed by atoms with van der Waals surface area (Å²) >= 11 is 0. The van der Waals surface area contributed by atoms with Crippen molar-refractivity contribution in [1.29, 1.82) is 0 Å². The third kappa shape index (κ3) is 74.4. The van der Waals surface area contributed by atoms with E-state index >= 15 is 0 Å². The summed E-state index contributed by atoms with van der Waals surface area (Å²) in [5.74, 6) is -0.807. The molecule has 0 heterocycles. The van der Waals surface area contributed by atoms with Gasteiger partial charge in [0.05, 0.1) is 27.7 Å². The Morgan fingerprint density at radius 2 is 0.587 bits per heavy atom. The molecule has 0 bridgehead atoms. The van der Waals surface area contributed by atoms with Crippen molar-refractivity contribution in [2.24, 2.45) is 0 Å². The van der Waals surface area contributed by atoms with Crippen LogP contribution in [0.4, 0.5) is 0 Å². The molecule has 10 heteroatoms. The first kappa shape index (κ1) is 87.4. The van der Waals surface area contributed by atoms with E-state index in [1.54, 1.807) is 0 Å². The number of likely N-dealkylation sites (N-methyl/N-ethyl adjacent to an activating group) is 1. The zero-order valence-electron chi connectivity index (χ0n) is 59.5. The zero-order valence-corrected chi connectivity index (χ0v) is 60.4. The number of hydrogen-bond acceptors (Lipinski definition) is 7. The molecule has 522 valence electrons. The molecule has 0 saturated carbocycles. The molecule has 0 aromatic rings. The lowest BCUT2D eigenvalue weighted by Gasteiger charge is -2.24. The average Bonchev–Trinajstić information content (AvgIpc) is 2.14. The van der Waals surface area contributed by atoms with Crippen LogP contribution >= 0.6 is 7.82 Å². The number of esters is 2. The summed E-state index contributed by atoms with van der Waals surface area (Å²) in [6, 6.07) is 0. The van der Waals surface area contributed by atoms with Crippen LogP contribution in [0.5, 0.6) is 0 Å². The molecule has 2 atom stereocenters. The Morgan fingerprint density at radius 3 is 0.870 bits per heavy atom. The molecule has 0 radical (unpaired) electrons. The van der Waals surface area contributed by atoms with Gasteiger partial charge in [0.1, 0.15) is 19.8 Å². The number of quaternary nitrogens is 1. The summed E-state index contributed by atoms with van der Waals surface area (Å²) in [6.45, 7) is 4.20. The van der Waals surface area contributed by atoms with Crippen molar-refractivity contribution in [2.45, 2.75) is 290 Å². The second-order valence-electron chi connectivity index (χ2n) is 25.2. The van der Waals surface area contributed by atoms with Gasteiger partial charge < -0.3 is 18.9 Å². The second-order valence-corrected chi connectivity index (χ2v) is 26.7. The van der Waals surface area contributed by atoms with Crippen LogP contribution in [-0.4, -0.2) is 74.9 Å². The third-order valence-electron chi connectivity index (χ3n) is 15.2. The molecule has 0 aromatic heterocycles. The fourth-order valence-corrected chi connectivity index (χ4v) is 10.4. The fraction of sp³-hybridized carbons (Fsp3) is 0.634. The maximum atomic E-state index is 12.9. The van der Waals surface area contributed by atoms with E-state index in [-0.39, 0.29) is 32.0 Å². The minimum Gasteiger partial charge on any atom is -0.462 e. The summed E-state index contributed by atoms with van der Waals surface area (Å²) in [5, 5.41) is 0. The number of carbonyl (C=O) groups excluding carboxylic acids is 2. The van der Waals surface area contributed by atoms with E-state index in [9.17, 15) is 19.0 Å². The summed E-state index contributed by atoms with van der Waals surface area (Å²) < 4.78 is 34.8. The second kappa shape index (κ2) is 70.7. The van der Waals surface area contributed by atoms with Gasteiger partial charge in [-0.25, -0.2) is 4.57 Å². The van der Waals surface area contributed by atoms with Crippen molar-refractivity contribution in [1.82, 2.24) is 0 Å². The molecule has 92 heavy (non-hydrogen) atoms. The van der Waals surface area contributed by atoms with Gasteiger partial charge in [-0.1, -0.05) is 312 Å². The zero-order chi connectivity index (χ0) is 66.9. The van der Waals surface area contributed by atoms with E-state index in [1.165, 1.54) is 116 Å². The Bertz CT molecular complexity index is 2160. The summed E-state index contributed by atoms with van der Waals surface area (Å²) in [4.78, 5) is 35.9. The van der Waals surface area contributed by atoms with Crippen molar-refractivity contribution in [3.05, 3.63) is 170 Å². The van der Waals surface area contributed by atoms with Crippen molar-refractivity contribution in [3.8, 4) is 0 Å². The van der Waals surface area contributed by atoms with E-state index in [0.29, 0.717) is 17.4 Å². The maximum Gasteiger partial charge on any atom is 0.472 e. The highest BCUT2D eigenvalue weighted by molar-refractivity contribution is 7.47. The number of allylic oxidation sites excluding steroid dienone is 28.